The highest BCUT2D eigenvalue weighted by molar-refractivity contribution is 5.76. The van der Waals surface area contributed by atoms with Crippen LogP contribution in [-0.2, 0) is 30.3 Å². The molecule has 2 aliphatic rings. The van der Waals surface area contributed by atoms with Crippen LogP contribution in [0.5, 0.6) is 0 Å². The van der Waals surface area contributed by atoms with Crippen molar-refractivity contribution in [1.82, 2.24) is 0 Å². The van der Waals surface area contributed by atoms with Crippen LogP contribution in [0.3, 0.4) is 0 Å². The Hall–Kier alpha value is -2.62. The molecule has 4 rings (SSSR count). The van der Waals surface area contributed by atoms with Crippen LogP contribution >= 0.6 is 0 Å². The van der Waals surface area contributed by atoms with Gasteiger partial charge in [0, 0.05) is 25.7 Å². The summed E-state index contributed by atoms with van der Waals surface area (Å²) in [5.41, 5.74) is -0.207. The van der Waals surface area contributed by atoms with Gasteiger partial charge in [0.15, 0.2) is 11.2 Å². The highest BCUT2D eigenvalue weighted by Crippen LogP contribution is 2.56. The zero-order chi connectivity index (χ0) is 16.6. The molecular formula is C20H18O4. The number of hydrogen-bond acceptors (Lipinski definition) is 4. The van der Waals surface area contributed by atoms with Gasteiger partial charge in [-0.15, -0.1) is 0 Å². The van der Waals surface area contributed by atoms with Gasteiger partial charge in [0.1, 0.15) is 0 Å². The van der Waals surface area contributed by atoms with Crippen molar-refractivity contribution in [3.8, 4) is 0 Å². The van der Waals surface area contributed by atoms with Crippen molar-refractivity contribution >= 4 is 11.9 Å². The number of rotatable bonds is 3. The fourth-order valence-corrected chi connectivity index (χ4v) is 4.01. The monoisotopic (exact) mass is 322 g/mol. The topological polar surface area (TPSA) is 52.6 Å². The highest BCUT2D eigenvalue weighted by atomic mass is 16.6. The number of hydrogen-bond donors (Lipinski definition) is 0. The summed E-state index contributed by atoms with van der Waals surface area (Å²) >= 11 is 0. The van der Waals surface area contributed by atoms with Crippen LogP contribution < -0.4 is 0 Å². The Bertz CT molecular complexity index is 703. The maximum atomic E-state index is 12.1. The first-order chi connectivity index (χ1) is 11.7. The number of carbonyl (C=O) groups excluding carboxylic acids is 2. The third-order valence-corrected chi connectivity index (χ3v) is 5.07. The summed E-state index contributed by atoms with van der Waals surface area (Å²) in [6.07, 6.45) is 1.64. The van der Waals surface area contributed by atoms with Crippen LogP contribution in [-0.4, -0.2) is 11.9 Å². The van der Waals surface area contributed by atoms with E-state index < -0.39 is 11.2 Å². The van der Waals surface area contributed by atoms with Crippen molar-refractivity contribution in [1.29, 1.82) is 0 Å². The molecule has 0 saturated carbocycles. The Balaban J connectivity index is 1.95. The summed E-state index contributed by atoms with van der Waals surface area (Å²) in [7, 11) is 0. The highest BCUT2D eigenvalue weighted by Gasteiger charge is 2.63. The number of cyclic esters (lactones) is 2. The molecular weight excluding hydrogens is 304 g/mol. The fourth-order valence-electron chi connectivity index (χ4n) is 4.01. The van der Waals surface area contributed by atoms with Gasteiger partial charge < -0.3 is 9.47 Å². The first-order valence-electron chi connectivity index (χ1n) is 8.21. The molecule has 2 aliphatic heterocycles. The van der Waals surface area contributed by atoms with Crippen LogP contribution in [0, 0.1) is 0 Å². The lowest BCUT2D eigenvalue weighted by Gasteiger charge is -2.44. The van der Waals surface area contributed by atoms with E-state index in [2.05, 4.69) is 0 Å². The molecule has 0 aromatic heterocycles. The molecule has 24 heavy (non-hydrogen) atoms. The minimum absolute atomic E-state index is 0.253. The fraction of sp³-hybridized carbons (Fsp3) is 0.300. The number of benzene rings is 2. The van der Waals surface area contributed by atoms with Crippen LogP contribution in [0.1, 0.15) is 36.8 Å². The molecule has 2 fully saturated rings. The summed E-state index contributed by atoms with van der Waals surface area (Å²) in [4.78, 5) is 24.2. The smallest absolute Gasteiger partial charge is 0.307 e. The van der Waals surface area contributed by atoms with E-state index in [0.717, 1.165) is 11.1 Å². The van der Waals surface area contributed by atoms with E-state index in [4.69, 9.17) is 9.47 Å². The molecule has 2 saturated heterocycles. The summed E-state index contributed by atoms with van der Waals surface area (Å²) in [6, 6.07) is 19.3. The van der Waals surface area contributed by atoms with Gasteiger partial charge in [0.25, 0.3) is 0 Å². The molecule has 4 heteroatoms. The molecule has 2 heterocycles. The van der Waals surface area contributed by atoms with Gasteiger partial charge in [-0.1, -0.05) is 60.7 Å². The largest absolute Gasteiger partial charge is 0.449 e. The van der Waals surface area contributed by atoms with E-state index in [1.54, 1.807) is 0 Å². The van der Waals surface area contributed by atoms with Gasteiger partial charge in [-0.2, -0.15) is 0 Å². The predicted molar refractivity (Wildman–Crippen MR) is 86.9 cm³/mol. The quantitative estimate of drug-likeness (QED) is 0.812. The molecule has 2 aromatic rings. The Labute approximate surface area is 140 Å². The van der Waals surface area contributed by atoms with Crippen LogP contribution in [0.2, 0.25) is 0 Å². The molecule has 0 radical (unpaired) electrons. The minimum atomic E-state index is -0.973. The van der Waals surface area contributed by atoms with Crippen molar-refractivity contribution in [2.24, 2.45) is 0 Å². The second-order valence-corrected chi connectivity index (χ2v) is 6.33. The third kappa shape index (κ3) is 2.06. The van der Waals surface area contributed by atoms with E-state index in [1.807, 2.05) is 60.7 Å². The summed E-state index contributed by atoms with van der Waals surface area (Å²) in [6.45, 7) is 0. The molecule has 0 N–H and O–H groups in total. The molecule has 2 aromatic carbocycles. The standard InChI is InChI=1S/C20H18O4/c21-17-11-13-19(23-17,15-7-3-1-4-8-15)20(14-12-18(22)24-20)16-9-5-2-6-10-16/h1-10H,11-14H2/t19-,20+. The van der Waals surface area contributed by atoms with Crippen molar-refractivity contribution in [3.05, 3.63) is 71.8 Å². The lowest BCUT2D eigenvalue weighted by molar-refractivity contribution is -0.197. The number of esters is 2. The van der Waals surface area contributed by atoms with Gasteiger partial charge in [0.2, 0.25) is 0 Å². The Morgan fingerprint density at radius 1 is 0.625 bits per heavy atom. The maximum Gasteiger partial charge on any atom is 0.307 e. The SMILES string of the molecule is O=C1CC[C@](c2ccccc2)([C@]2(c3ccccc3)CCC(=O)O2)O1. The second-order valence-electron chi connectivity index (χ2n) is 6.33. The Kier molecular flexibility index (Phi) is 3.41. The van der Waals surface area contributed by atoms with E-state index in [1.165, 1.54) is 0 Å². The van der Waals surface area contributed by atoms with Gasteiger partial charge in [-0.25, -0.2) is 0 Å². The zero-order valence-electron chi connectivity index (χ0n) is 13.2. The third-order valence-electron chi connectivity index (χ3n) is 5.07. The van der Waals surface area contributed by atoms with Gasteiger partial charge in [-0.3, -0.25) is 9.59 Å². The summed E-state index contributed by atoms with van der Waals surface area (Å²) in [5, 5.41) is 0. The molecule has 0 bridgehead atoms. The summed E-state index contributed by atoms with van der Waals surface area (Å²) in [5.74, 6) is -0.505. The first-order valence-corrected chi connectivity index (χ1v) is 8.21. The molecule has 0 unspecified atom stereocenters. The molecule has 0 amide bonds. The van der Waals surface area contributed by atoms with Crippen molar-refractivity contribution in [3.63, 3.8) is 0 Å². The van der Waals surface area contributed by atoms with Gasteiger partial charge in [0.05, 0.1) is 0 Å². The normalized spacial score (nSPS) is 29.3. The predicted octanol–water partition coefficient (Wildman–Crippen LogP) is 3.45. The minimum Gasteiger partial charge on any atom is -0.449 e. The average molecular weight is 322 g/mol. The van der Waals surface area contributed by atoms with Crippen LogP contribution in [0.4, 0.5) is 0 Å². The lowest BCUT2D eigenvalue weighted by atomic mass is 9.70. The Morgan fingerprint density at radius 2 is 1.00 bits per heavy atom. The van der Waals surface area contributed by atoms with Crippen molar-refractivity contribution in [2.75, 3.05) is 0 Å². The zero-order valence-corrected chi connectivity index (χ0v) is 13.2. The second kappa shape index (κ2) is 5.48. The van der Waals surface area contributed by atoms with Gasteiger partial charge in [-0.05, 0) is 11.1 Å². The molecule has 122 valence electrons. The molecule has 4 nitrogen and oxygen atoms in total. The van der Waals surface area contributed by atoms with E-state index in [9.17, 15) is 9.59 Å². The van der Waals surface area contributed by atoms with E-state index >= 15 is 0 Å². The van der Waals surface area contributed by atoms with Gasteiger partial charge >= 0.3 is 11.9 Å². The molecule has 0 spiro atoms. The van der Waals surface area contributed by atoms with Crippen molar-refractivity contribution < 1.29 is 19.1 Å². The number of carbonyl (C=O) groups is 2. The maximum absolute atomic E-state index is 12.1. The Morgan fingerprint density at radius 3 is 1.29 bits per heavy atom. The first kappa shape index (κ1) is 14.9. The van der Waals surface area contributed by atoms with Crippen molar-refractivity contribution in [2.45, 2.75) is 36.9 Å². The lowest BCUT2D eigenvalue weighted by Crippen LogP contribution is -2.49. The van der Waals surface area contributed by atoms with Crippen LogP contribution in [0.25, 0.3) is 0 Å². The van der Waals surface area contributed by atoms with E-state index in [-0.39, 0.29) is 11.9 Å². The van der Waals surface area contributed by atoms with Crippen LogP contribution in [0.15, 0.2) is 60.7 Å². The van der Waals surface area contributed by atoms with E-state index in [0.29, 0.717) is 25.7 Å². The molecule has 2 atom stereocenters. The average Bonchev–Trinajstić information content (AvgIpc) is 3.22. The number of ether oxygens (including phenoxy) is 2. The summed E-state index contributed by atoms with van der Waals surface area (Å²) < 4.78 is 11.8. The molecule has 0 aliphatic carbocycles.